The number of thioether (sulfide) groups is 2. The van der Waals surface area contributed by atoms with Gasteiger partial charge in [0.2, 0.25) is 0 Å². The molecule has 0 saturated carbocycles. The molecular weight excluding hydrogens is 324 g/mol. The molecule has 2 aromatic rings. The topological polar surface area (TPSA) is 45.8 Å². The maximum absolute atomic E-state index is 11.7. The van der Waals surface area contributed by atoms with Gasteiger partial charge in [0.1, 0.15) is 0 Å². The van der Waals surface area contributed by atoms with Crippen LogP contribution >= 0.6 is 35.1 Å². The third-order valence-corrected chi connectivity index (χ3v) is 4.91. The summed E-state index contributed by atoms with van der Waals surface area (Å²) >= 11 is 9.25. The molecule has 0 radical (unpaired) electrons. The Morgan fingerprint density at radius 2 is 2.10 bits per heavy atom. The summed E-state index contributed by atoms with van der Waals surface area (Å²) in [6.07, 6.45) is 0. The van der Waals surface area contributed by atoms with Crippen molar-refractivity contribution in [1.29, 1.82) is 0 Å². The van der Waals surface area contributed by atoms with E-state index in [1.54, 1.807) is 17.8 Å². The number of hydrogen-bond donors (Lipinski definition) is 1. The van der Waals surface area contributed by atoms with Gasteiger partial charge < -0.3 is 4.98 Å². The van der Waals surface area contributed by atoms with Gasteiger partial charge in [-0.15, -0.1) is 0 Å². The first-order valence-corrected chi connectivity index (χ1v) is 9.03. The average molecular weight is 341 g/mol. The van der Waals surface area contributed by atoms with Gasteiger partial charge in [-0.3, -0.25) is 4.79 Å². The Labute approximate surface area is 137 Å². The summed E-state index contributed by atoms with van der Waals surface area (Å²) in [6.45, 7) is 4.26. The zero-order chi connectivity index (χ0) is 15.2. The highest BCUT2D eigenvalue weighted by Crippen LogP contribution is 2.22. The highest BCUT2D eigenvalue weighted by molar-refractivity contribution is 7.99. The summed E-state index contributed by atoms with van der Waals surface area (Å²) in [4.78, 5) is 19.0. The van der Waals surface area contributed by atoms with E-state index >= 15 is 0 Å². The summed E-state index contributed by atoms with van der Waals surface area (Å²) in [6, 6.07) is 9.27. The van der Waals surface area contributed by atoms with E-state index in [4.69, 9.17) is 11.6 Å². The smallest absolute Gasteiger partial charge is 0.251 e. The van der Waals surface area contributed by atoms with Crippen molar-refractivity contribution in [2.24, 2.45) is 0 Å². The average Bonchev–Trinajstić information content (AvgIpc) is 2.43. The van der Waals surface area contributed by atoms with Crippen LogP contribution in [0, 0.1) is 0 Å². The molecule has 0 bridgehead atoms. The van der Waals surface area contributed by atoms with Crippen LogP contribution in [-0.2, 0) is 11.5 Å². The second kappa shape index (κ2) is 7.92. The van der Waals surface area contributed by atoms with Gasteiger partial charge in [-0.2, -0.15) is 11.8 Å². The lowest BCUT2D eigenvalue weighted by atomic mass is 10.2. The molecule has 0 spiro atoms. The molecule has 0 unspecified atom stereocenters. The lowest BCUT2D eigenvalue weighted by molar-refractivity contribution is 0.898. The molecule has 0 saturated heterocycles. The van der Waals surface area contributed by atoms with E-state index in [9.17, 15) is 4.79 Å². The fraction of sp³-hybridized carbons (Fsp3) is 0.333. The van der Waals surface area contributed by atoms with Gasteiger partial charge in [0.05, 0.1) is 5.69 Å². The Bertz CT molecular complexity index is 658. The minimum absolute atomic E-state index is 0.0991. The standard InChI is InChI=1S/C15H17ClN2OS2/c1-10(2)20-9-13-7-14(19)18-15(17-13)21-8-11-4-3-5-12(16)6-11/h3-7,10H,8-9H2,1-2H3,(H,17,18,19). The molecule has 0 aliphatic rings. The third kappa shape index (κ3) is 5.77. The summed E-state index contributed by atoms with van der Waals surface area (Å²) in [7, 11) is 0. The van der Waals surface area contributed by atoms with E-state index in [2.05, 4.69) is 23.8 Å². The predicted molar refractivity (Wildman–Crippen MR) is 92.3 cm³/mol. The maximum Gasteiger partial charge on any atom is 0.251 e. The molecule has 0 amide bonds. The summed E-state index contributed by atoms with van der Waals surface area (Å²) in [5, 5.41) is 1.90. The largest absolute Gasteiger partial charge is 0.301 e. The molecule has 6 heteroatoms. The Morgan fingerprint density at radius 1 is 1.29 bits per heavy atom. The summed E-state index contributed by atoms with van der Waals surface area (Å²) < 4.78 is 0. The van der Waals surface area contributed by atoms with Crippen molar-refractivity contribution in [2.45, 2.75) is 35.8 Å². The number of nitrogens with one attached hydrogen (secondary N) is 1. The van der Waals surface area contributed by atoms with Gasteiger partial charge in [0, 0.05) is 22.6 Å². The first-order valence-electron chi connectivity index (χ1n) is 6.62. The molecule has 21 heavy (non-hydrogen) atoms. The van der Waals surface area contributed by atoms with Crippen molar-refractivity contribution in [1.82, 2.24) is 9.97 Å². The normalized spacial score (nSPS) is 11.0. The number of H-pyrrole nitrogens is 1. The minimum atomic E-state index is -0.0991. The number of nitrogens with zero attached hydrogens (tertiary/aromatic N) is 1. The van der Waals surface area contributed by atoms with Crippen LogP contribution in [0.15, 0.2) is 40.3 Å². The van der Waals surface area contributed by atoms with E-state index in [-0.39, 0.29) is 5.56 Å². The zero-order valence-corrected chi connectivity index (χ0v) is 14.3. The van der Waals surface area contributed by atoms with Crippen molar-refractivity contribution < 1.29 is 0 Å². The van der Waals surface area contributed by atoms with Crippen molar-refractivity contribution in [3.05, 3.63) is 57.0 Å². The first-order chi connectivity index (χ1) is 10.0. The summed E-state index contributed by atoms with van der Waals surface area (Å²) in [5.74, 6) is 1.48. The molecule has 2 rings (SSSR count). The van der Waals surface area contributed by atoms with Crippen molar-refractivity contribution >= 4 is 35.1 Å². The second-order valence-corrected chi connectivity index (χ2v) is 7.79. The van der Waals surface area contributed by atoms with E-state index in [1.165, 1.54) is 11.8 Å². The Kier molecular flexibility index (Phi) is 6.21. The fourth-order valence-corrected chi connectivity index (χ4v) is 3.36. The number of halogens is 1. The molecule has 0 aliphatic heterocycles. The second-order valence-electron chi connectivity index (χ2n) is 4.82. The van der Waals surface area contributed by atoms with Crippen LogP contribution < -0.4 is 5.56 Å². The highest BCUT2D eigenvalue weighted by Gasteiger charge is 2.05. The number of rotatable bonds is 6. The number of aromatic amines is 1. The zero-order valence-electron chi connectivity index (χ0n) is 11.9. The fourth-order valence-electron chi connectivity index (χ4n) is 1.66. The van der Waals surface area contributed by atoms with Gasteiger partial charge in [-0.05, 0) is 22.9 Å². The SMILES string of the molecule is CC(C)SCc1cc(=O)[nH]c(SCc2cccc(Cl)c2)n1. The monoisotopic (exact) mass is 340 g/mol. The molecule has 3 nitrogen and oxygen atoms in total. The first kappa shape index (κ1) is 16.5. The number of hydrogen-bond acceptors (Lipinski definition) is 4. The lowest BCUT2D eigenvalue weighted by Crippen LogP contribution is -2.10. The highest BCUT2D eigenvalue weighted by atomic mass is 35.5. The summed E-state index contributed by atoms with van der Waals surface area (Å²) in [5.41, 5.74) is 1.83. The Balaban J connectivity index is 2.04. The molecule has 1 heterocycles. The number of aromatic nitrogens is 2. The van der Waals surface area contributed by atoms with Gasteiger partial charge in [-0.25, -0.2) is 4.98 Å². The quantitative estimate of drug-likeness (QED) is 0.627. The number of benzene rings is 1. The molecule has 0 fully saturated rings. The molecule has 1 N–H and O–H groups in total. The van der Waals surface area contributed by atoms with Crippen LogP contribution in [0.25, 0.3) is 0 Å². The van der Waals surface area contributed by atoms with Crippen LogP contribution in [0.4, 0.5) is 0 Å². The lowest BCUT2D eigenvalue weighted by Gasteiger charge is -2.06. The Hall–Kier alpha value is -0.910. The van der Waals surface area contributed by atoms with Crippen molar-refractivity contribution in [3.63, 3.8) is 0 Å². The van der Waals surface area contributed by atoms with Crippen molar-refractivity contribution in [3.8, 4) is 0 Å². The van der Waals surface area contributed by atoms with Gasteiger partial charge in [0.25, 0.3) is 5.56 Å². The van der Waals surface area contributed by atoms with Crippen LogP contribution in [0.3, 0.4) is 0 Å². The van der Waals surface area contributed by atoms with Gasteiger partial charge >= 0.3 is 0 Å². The molecule has 0 atom stereocenters. The minimum Gasteiger partial charge on any atom is -0.301 e. The molecule has 1 aromatic carbocycles. The van der Waals surface area contributed by atoms with Gasteiger partial charge in [-0.1, -0.05) is 49.3 Å². The molecular formula is C15H17ClN2OS2. The third-order valence-electron chi connectivity index (χ3n) is 2.60. The molecule has 112 valence electrons. The van der Waals surface area contributed by atoms with Gasteiger partial charge in [0.15, 0.2) is 5.16 Å². The van der Waals surface area contributed by atoms with Crippen LogP contribution in [-0.4, -0.2) is 15.2 Å². The van der Waals surface area contributed by atoms with E-state index in [0.29, 0.717) is 10.4 Å². The Morgan fingerprint density at radius 3 is 2.81 bits per heavy atom. The molecule has 0 aliphatic carbocycles. The van der Waals surface area contributed by atoms with E-state index < -0.39 is 0 Å². The maximum atomic E-state index is 11.7. The van der Waals surface area contributed by atoms with Crippen molar-refractivity contribution in [2.75, 3.05) is 0 Å². The van der Waals surface area contributed by atoms with E-state index in [1.807, 2.05) is 24.3 Å². The van der Waals surface area contributed by atoms with Crippen LogP contribution in [0.5, 0.6) is 0 Å². The van der Waals surface area contributed by atoms with Crippen LogP contribution in [0.2, 0.25) is 5.02 Å². The molecule has 1 aromatic heterocycles. The predicted octanol–water partition coefficient (Wildman–Crippen LogP) is 4.36. The van der Waals surface area contributed by atoms with E-state index in [0.717, 1.165) is 27.8 Å². The van der Waals surface area contributed by atoms with Crippen LogP contribution in [0.1, 0.15) is 25.1 Å².